The lowest BCUT2D eigenvalue weighted by molar-refractivity contribution is 0.102. The second-order valence-electron chi connectivity index (χ2n) is 4.16. The average molecular weight is 435 g/mol. The van der Waals surface area contributed by atoms with E-state index in [1.807, 2.05) is 0 Å². The molecule has 7 heteroatoms. The number of nitrogen functional groups attached to an aromatic ring is 1. The minimum absolute atomic E-state index is 0.299. The number of nitrogens with two attached hydrogens (primary N) is 1. The topological polar surface area (TPSA) is 64.3 Å². The predicted molar refractivity (Wildman–Crippen MR) is 92.2 cm³/mol. The van der Waals surface area contributed by atoms with Crippen molar-refractivity contribution in [2.24, 2.45) is 0 Å². The van der Waals surface area contributed by atoms with Crippen molar-refractivity contribution >= 4 is 60.7 Å². The molecular formula is C14H11Br2ClN2O2. The summed E-state index contributed by atoms with van der Waals surface area (Å²) >= 11 is 12.8. The lowest BCUT2D eigenvalue weighted by Crippen LogP contribution is -2.13. The fourth-order valence-corrected chi connectivity index (χ4v) is 3.22. The molecule has 110 valence electrons. The molecule has 2 rings (SSSR count). The molecule has 0 atom stereocenters. The predicted octanol–water partition coefficient (Wildman–Crippen LogP) is 4.71. The molecule has 0 bridgehead atoms. The first kappa shape index (κ1) is 16.1. The van der Waals surface area contributed by atoms with Gasteiger partial charge in [0.15, 0.2) is 0 Å². The molecule has 21 heavy (non-hydrogen) atoms. The molecule has 0 fully saturated rings. The Hall–Kier alpha value is -1.24. The molecule has 0 radical (unpaired) electrons. The normalized spacial score (nSPS) is 10.3. The summed E-state index contributed by atoms with van der Waals surface area (Å²) in [4.78, 5) is 12.3. The van der Waals surface area contributed by atoms with Gasteiger partial charge in [-0.25, -0.2) is 0 Å². The number of ether oxygens (including phenoxy) is 1. The number of halogens is 3. The summed E-state index contributed by atoms with van der Waals surface area (Å²) in [6.07, 6.45) is 0. The highest BCUT2D eigenvalue weighted by Crippen LogP contribution is 2.35. The van der Waals surface area contributed by atoms with Gasteiger partial charge in [0.05, 0.1) is 27.9 Å². The van der Waals surface area contributed by atoms with Crippen LogP contribution in [0.2, 0.25) is 5.02 Å². The second-order valence-corrected chi connectivity index (χ2v) is 6.28. The van der Waals surface area contributed by atoms with E-state index in [2.05, 4.69) is 37.2 Å². The minimum atomic E-state index is -0.329. The Morgan fingerprint density at radius 2 is 1.95 bits per heavy atom. The second kappa shape index (κ2) is 6.68. The molecule has 0 aromatic heterocycles. The zero-order valence-corrected chi connectivity index (χ0v) is 14.8. The fourth-order valence-electron chi connectivity index (χ4n) is 1.69. The maximum atomic E-state index is 12.3. The standard InChI is InChI=1S/C14H11Br2ClN2O2/c1-21-13-6-12(9(15)5-10(13)16)19-14(20)8-3-2-7(18)4-11(8)17/h2-6H,18H2,1H3,(H,19,20). The van der Waals surface area contributed by atoms with E-state index in [0.29, 0.717) is 27.7 Å². The maximum absolute atomic E-state index is 12.3. The van der Waals surface area contributed by atoms with E-state index in [0.717, 1.165) is 8.95 Å². The summed E-state index contributed by atoms with van der Waals surface area (Å²) in [6, 6.07) is 8.24. The zero-order valence-electron chi connectivity index (χ0n) is 10.9. The highest BCUT2D eigenvalue weighted by atomic mass is 79.9. The van der Waals surface area contributed by atoms with Gasteiger partial charge in [-0.15, -0.1) is 0 Å². The van der Waals surface area contributed by atoms with Gasteiger partial charge < -0.3 is 15.8 Å². The lowest BCUT2D eigenvalue weighted by atomic mass is 10.2. The first-order valence-corrected chi connectivity index (χ1v) is 7.78. The van der Waals surface area contributed by atoms with Crippen molar-refractivity contribution in [1.82, 2.24) is 0 Å². The van der Waals surface area contributed by atoms with Gasteiger partial charge in [-0.3, -0.25) is 4.79 Å². The van der Waals surface area contributed by atoms with Crippen LogP contribution in [-0.4, -0.2) is 13.0 Å². The van der Waals surface area contributed by atoms with Crippen LogP contribution in [0.1, 0.15) is 10.4 Å². The Morgan fingerprint density at radius 3 is 2.57 bits per heavy atom. The van der Waals surface area contributed by atoms with E-state index >= 15 is 0 Å². The van der Waals surface area contributed by atoms with E-state index in [1.165, 1.54) is 6.07 Å². The van der Waals surface area contributed by atoms with Crippen LogP contribution in [0.3, 0.4) is 0 Å². The van der Waals surface area contributed by atoms with Crippen LogP contribution in [0.5, 0.6) is 5.75 Å². The van der Waals surface area contributed by atoms with Crippen LogP contribution >= 0.6 is 43.5 Å². The molecular weight excluding hydrogens is 423 g/mol. The molecule has 0 saturated carbocycles. The zero-order chi connectivity index (χ0) is 15.6. The van der Waals surface area contributed by atoms with Gasteiger partial charge in [-0.2, -0.15) is 0 Å². The Balaban J connectivity index is 2.31. The molecule has 0 aliphatic carbocycles. The summed E-state index contributed by atoms with van der Waals surface area (Å²) in [5.41, 5.74) is 7.04. The van der Waals surface area contributed by atoms with E-state index < -0.39 is 0 Å². The lowest BCUT2D eigenvalue weighted by Gasteiger charge is -2.12. The summed E-state index contributed by atoms with van der Waals surface area (Å²) in [5, 5.41) is 3.08. The first-order valence-electron chi connectivity index (χ1n) is 5.81. The number of amides is 1. The number of hydrogen-bond donors (Lipinski definition) is 2. The molecule has 4 nitrogen and oxygen atoms in total. The SMILES string of the molecule is COc1cc(NC(=O)c2ccc(N)cc2Cl)c(Br)cc1Br. The van der Waals surface area contributed by atoms with E-state index in [1.54, 1.807) is 31.4 Å². The third-order valence-corrected chi connectivity index (χ3v) is 4.32. The smallest absolute Gasteiger partial charge is 0.257 e. The number of hydrogen-bond acceptors (Lipinski definition) is 3. The molecule has 0 aliphatic heterocycles. The van der Waals surface area contributed by atoms with Gasteiger partial charge >= 0.3 is 0 Å². The number of methoxy groups -OCH3 is 1. The number of nitrogens with one attached hydrogen (secondary N) is 1. The molecule has 0 heterocycles. The number of carbonyl (C=O) groups excluding carboxylic acids is 1. The summed E-state index contributed by atoms with van der Waals surface area (Å²) in [5.74, 6) is 0.280. The van der Waals surface area contributed by atoms with E-state index in [-0.39, 0.29) is 5.91 Å². The van der Waals surface area contributed by atoms with Gasteiger partial charge in [0, 0.05) is 16.2 Å². The van der Waals surface area contributed by atoms with Crippen LogP contribution in [-0.2, 0) is 0 Å². The van der Waals surface area contributed by atoms with Crippen molar-refractivity contribution in [2.75, 3.05) is 18.2 Å². The van der Waals surface area contributed by atoms with Gasteiger partial charge in [0.1, 0.15) is 5.75 Å². The monoisotopic (exact) mass is 432 g/mol. The van der Waals surface area contributed by atoms with Crippen molar-refractivity contribution < 1.29 is 9.53 Å². The van der Waals surface area contributed by atoms with Crippen molar-refractivity contribution in [3.8, 4) is 5.75 Å². The Labute approximate surface area is 143 Å². The van der Waals surface area contributed by atoms with Gasteiger partial charge in [0.25, 0.3) is 5.91 Å². The first-order chi connectivity index (χ1) is 9.92. The van der Waals surface area contributed by atoms with Gasteiger partial charge in [-0.1, -0.05) is 11.6 Å². The van der Waals surface area contributed by atoms with Crippen molar-refractivity contribution in [3.05, 3.63) is 49.9 Å². The molecule has 1 amide bonds. The molecule has 0 spiro atoms. The Bertz CT molecular complexity index is 708. The maximum Gasteiger partial charge on any atom is 0.257 e. The Kier molecular flexibility index (Phi) is 5.13. The average Bonchev–Trinajstić information content (AvgIpc) is 2.41. The number of anilines is 2. The summed E-state index contributed by atoms with van der Waals surface area (Å²) in [6.45, 7) is 0. The van der Waals surface area contributed by atoms with Gasteiger partial charge in [-0.05, 0) is 56.1 Å². The summed E-state index contributed by atoms with van der Waals surface area (Å²) in [7, 11) is 1.55. The molecule has 2 aromatic rings. The molecule has 0 saturated heterocycles. The van der Waals surface area contributed by atoms with Gasteiger partial charge in [0.2, 0.25) is 0 Å². The van der Waals surface area contributed by atoms with E-state index in [9.17, 15) is 4.79 Å². The van der Waals surface area contributed by atoms with Crippen LogP contribution in [0, 0.1) is 0 Å². The highest BCUT2D eigenvalue weighted by molar-refractivity contribution is 9.11. The fraction of sp³-hybridized carbons (Fsp3) is 0.0714. The third-order valence-electron chi connectivity index (χ3n) is 2.73. The molecule has 0 unspecified atom stereocenters. The minimum Gasteiger partial charge on any atom is -0.495 e. The van der Waals surface area contributed by atoms with Crippen molar-refractivity contribution in [1.29, 1.82) is 0 Å². The Morgan fingerprint density at radius 1 is 1.24 bits per heavy atom. The highest BCUT2D eigenvalue weighted by Gasteiger charge is 2.14. The van der Waals surface area contributed by atoms with Crippen molar-refractivity contribution in [3.63, 3.8) is 0 Å². The third kappa shape index (κ3) is 3.70. The van der Waals surface area contributed by atoms with Crippen molar-refractivity contribution in [2.45, 2.75) is 0 Å². The van der Waals surface area contributed by atoms with E-state index in [4.69, 9.17) is 22.1 Å². The van der Waals surface area contributed by atoms with Crippen LogP contribution < -0.4 is 15.8 Å². The van der Waals surface area contributed by atoms with Crippen LogP contribution in [0.4, 0.5) is 11.4 Å². The number of benzene rings is 2. The number of carbonyl (C=O) groups is 1. The van der Waals surface area contributed by atoms with Crippen LogP contribution in [0.15, 0.2) is 39.3 Å². The molecule has 3 N–H and O–H groups in total. The largest absolute Gasteiger partial charge is 0.495 e. The number of rotatable bonds is 3. The molecule has 2 aromatic carbocycles. The van der Waals surface area contributed by atoms with Crippen LogP contribution in [0.25, 0.3) is 0 Å². The quantitative estimate of drug-likeness (QED) is 0.688. The summed E-state index contributed by atoms with van der Waals surface area (Å²) < 4.78 is 6.70. The molecule has 0 aliphatic rings.